The first-order chi connectivity index (χ1) is 11.1. The number of hydrogen-bond donors (Lipinski definition) is 3. The van der Waals surface area contributed by atoms with Crippen molar-refractivity contribution in [3.63, 3.8) is 0 Å². The van der Waals surface area contributed by atoms with E-state index in [1.165, 1.54) is 6.92 Å². The highest BCUT2D eigenvalue weighted by Crippen LogP contribution is 2.48. The number of carbonyl (C=O) groups is 1. The van der Waals surface area contributed by atoms with Crippen LogP contribution in [0.4, 0.5) is 0 Å². The van der Waals surface area contributed by atoms with Gasteiger partial charge in [-0.1, -0.05) is 0 Å². The molecule has 1 saturated heterocycles. The lowest BCUT2D eigenvalue weighted by Gasteiger charge is -2.39. The second kappa shape index (κ2) is 5.64. The number of aliphatic hydroxyl groups excluding tert-OH is 1. The zero-order valence-corrected chi connectivity index (χ0v) is 14.2. The first kappa shape index (κ1) is 17.6. The molecule has 3 aliphatic rings. The lowest BCUT2D eigenvalue weighted by molar-refractivity contribution is -0.297. The maximum absolute atomic E-state index is 12.2. The SMILES string of the molecule is CCOCC1=C2C(=C[C@@]3(C)CC[C@](O)(O3)[C@](C)(O)C[C@@H]2O)OC1=O. The Morgan fingerprint density at radius 3 is 2.71 bits per heavy atom. The van der Waals surface area contributed by atoms with E-state index < -0.39 is 29.1 Å². The maximum Gasteiger partial charge on any atom is 0.342 e. The molecule has 1 fully saturated rings. The van der Waals surface area contributed by atoms with Crippen LogP contribution in [0.2, 0.25) is 0 Å². The molecule has 7 heteroatoms. The Morgan fingerprint density at radius 2 is 2.04 bits per heavy atom. The lowest BCUT2D eigenvalue weighted by atomic mass is 9.82. The van der Waals surface area contributed by atoms with Crippen LogP contribution in [-0.2, 0) is 19.0 Å². The molecule has 3 rings (SSSR count). The van der Waals surface area contributed by atoms with Crippen molar-refractivity contribution >= 4 is 5.97 Å². The van der Waals surface area contributed by atoms with Crippen LogP contribution in [0.1, 0.15) is 40.0 Å². The average molecular weight is 340 g/mol. The van der Waals surface area contributed by atoms with Crippen LogP contribution < -0.4 is 0 Å². The molecular formula is C17H24O7. The van der Waals surface area contributed by atoms with Gasteiger partial charge in [-0.15, -0.1) is 0 Å². The van der Waals surface area contributed by atoms with E-state index in [1.54, 1.807) is 19.9 Å². The Balaban J connectivity index is 2.10. The Labute approximate surface area is 140 Å². The normalized spacial score (nSPS) is 42.2. The van der Waals surface area contributed by atoms with E-state index in [0.717, 1.165) is 0 Å². The molecule has 0 aliphatic carbocycles. The fourth-order valence-corrected chi connectivity index (χ4v) is 3.59. The number of fused-ring (bicyclic) bond motifs is 3. The molecule has 7 nitrogen and oxygen atoms in total. The summed E-state index contributed by atoms with van der Waals surface area (Å²) in [6.45, 7) is 5.40. The smallest absolute Gasteiger partial charge is 0.342 e. The standard InChI is InChI=1S/C17H24O7/c1-4-22-9-10-13-11(18)7-16(3,20)17(21)6-5-15(2,24-17)8-12(13)23-14(10)19/h8,11,18,20-21H,4-7,9H2,1-3H3/t11-,15+,16+,17-/m0/s1. The van der Waals surface area contributed by atoms with Gasteiger partial charge in [-0.2, -0.15) is 0 Å². The van der Waals surface area contributed by atoms with Gasteiger partial charge in [-0.05, 0) is 33.3 Å². The van der Waals surface area contributed by atoms with Crippen LogP contribution in [0.25, 0.3) is 0 Å². The topological polar surface area (TPSA) is 105 Å². The van der Waals surface area contributed by atoms with E-state index >= 15 is 0 Å². The van der Waals surface area contributed by atoms with Crippen molar-refractivity contribution in [2.24, 2.45) is 0 Å². The molecule has 2 bridgehead atoms. The minimum absolute atomic E-state index is 0.0169. The van der Waals surface area contributed by atoms with Crippen molar-refractivity contribution in [2.45, 2.75) is 63.1 Å². The summed E-state index contributed by atoms with van der Waals surface area (Å²) in [5, 5.41) is 32.1. The molecule has 0 spiro atoms. The van der Waals surface area contributed by atoms with E-state index in [-0.39, 0.29) is 30.8 Å². The molecule has 0 unspecified atom stereocenters. The molecule has 0 aromatic carbocycles. The Bertz CT molecular complexity index is 620. The van der Waals surface area contributed by atoms with Crippen molar-refractivity contribution in [2.75, 3.05) is 13.2 Å². The molecule has 134 valence electrons. The summed E-state index contributed by atoms with van der Waals surface area (Å²) < 4.78 is 16.4. The second-order valence-electron chi connectivity index (χ2n) is 7.12. The summed E-state index contributed by atoms with van der Waals surface area (Å²) in [4.78, 5) is 12.2. The number of esters is 1. The number of rotatable bonds is 3. The number of ether oxygens (including phenoxy) is 3. The van der Waals surface area contributed by atoms with Crippen LogP contribution in [0.3, 0.4) is 0 Å². The maximum atomic E-state index is 12.2. The van der Waals surface area contributed by atoms with E-state index in [1.807, 2.05) is 0 Å². The highest BCUT2D eigenvalue weighted by atomic mass is 16.7. The summed E-state index contributed by atoms with van der Waals surface area (Å²) in [6, 6.07) is 0. The summed E-state index contributed by atoms with van der Waals surface area (Å²) in [5.74, 6) is -2.13. The molecule has 3 heterocycles. The first-order valence-electron chi connectivity index (χ1n) is 8.20. The summed E-state index contributed by atoms with van der Waals surface area (Å²) in [5.41, 5.74) is -2.07. The van der Waals surface area contributed by atoms with Gasteiger partial charge >= 0.3 is 5.97 Å². The summed E-state index contributed by atoms with van der Waals surface area (Å²) in [6.07, 6.45) is 0.875. The quantitative estimate of drug-likeness (QED) is 0.644. The minimum atomic E-state index is -1.77. The average Bonchev–Trinajstić information content (AvgIpc) is 2.94. The molecule has 24 heavy (non-hydrogen) atoms. The lowest BCUT2D eigenvalue weighted by Crippen LogP contribution is -2.54. The van der Waals surface area contributed by atoms with Gasteiger partial charge in [-0.3, -0.25) is 0 Å². The van der Waals surface area contributed by atoms with Gasteiger partial charge in [0.2, 0.25) is 0 Å². The third kappa shape index (κ3) is 2.70. The monoisotopic (exact) mass is 340 g/mol. The van der Waals surface area contributed by atoms with E-state index in [4.69, 9.17) is 14.2 Å². The number of hydrogen-bond acceptors (Lipinski definition) is 7. The Morgan fingerprint density at radius 1 is 1.33 bits per heavy atom. The molecule has 0 aromatic heterocycles. The largest absolute Gasteiger partial charge is 0.423 e. The van der Waals surface area contributed by atoms with Crippen LogP contribution in [0.15, 0.2) is 23.0 Å². The van der Waals surface area contributed by atoms with Crippen LogP contribution in [-0.4, -0.2) is 57.6 Å². The van der Waals surface area contributed by atoms with Crippen molar-refractivity contribution in [3.8, 4) is 0 Å². The Kier molecular flexibility index (Phi) is 4.13. The van der Waals surface area contributed by atoms with Gasteiger partial charge in [0, 0.05) is 25.0 Å². The third-order valence-electron chi connectivity index (χ3n) is 5.05. The van der Waals surface area contributed by atoms with Crippen LogP contribution in [0, 0.1) is 0 Å². The highest BCUT2D eigenvalue weighted by Gasteiger charge is 2.58. The number of aliphatic hydroxyl groups is 3. The van der Waals surface area contributed by atoms with Gasteiger partial charge in [0.15, 0.2) is 5.79 Å². The zero-order chi connectivity index (χ0) is 17.8. The van der Waals surface area contributed by atoms with E-state index in [2.05, 4.69) is 0 Å². The fourth-order valence-electron chi connectivity index (χ4n) is 3.59. The zero-order valence-electron chi connectivity index (χ0n) is 14.2. The molecule has 0 amide bonds. The van der Waals surface area contributed by atoms with E-state index in [0.29, 0.717) is 18.6 Å². The summed E-state index contributed by atoms with van der Waals surface area (Å²) >= 11 is 0. The van der Waals surface area contributed by atoms with Crippen molar-refractivity contribution in [1.29, 1.82) is 0 Å². The van der Waals surface area contributed by atoms with Gasteiger partial charge in [0.1, 0.15) is 11.4 Å². The van der Waals surface area contributed by atoms with Gasteiger partial charge < -0.3 is 29.5 Å². The second-order valence-corrected chi connectivity index (χ2v) is 7.12. The predicted octanol–water partition coefficient (Wildman–Crippen LogP) is 0.533. The highest BCUT2D eigenvalue weighted by molar-refractivity contribution is 5.95. The van der Waals surface area contributed by atoms with Crippen molar-refractivity contribution in [3.05, 3.63) is 23.0 Å². The van der Waals surface area contributed by atoms with Gasteiger partial charge in [-0.25, -0.2) is 4.79 Å². The molecule has 0 saturated carbocycles. The molecule has 4 atom stereocenters. The van der Waals surface area contributed by atoms with Crippen molar-refractivity contribution in [1.82, 2.24) is 0 Å². The Hall–Kier alpha value is -1.25. The van der Waals surface area contributed by atoms with Crippen LogP contribution in [0.5, 0.6) is 0 Å². The molecule has 3 aliphatic heterocycles. The third-order valence-corrected chi connectivity index (χ3v) is 5.05. The fraction of sp³-hybridized carbons (Fsp3) is 0.706. The first-order valence-corrected chi connectivity index (χ1v) is 8.20. The molecule has 0 aromatic rings. The van der Waals surface area contributed by atoms with Gasteiger partial charge in [0.05, 0.1) is 23.9 Å². The molecular weight excluding hydrogens is 316 g/mol. The predicted molar refractivity (Wildman–Crippen MR) is 82.6 cm³/mol. The molecule has 3 N–H and O–H groups in total. The van der Waals surface area contributed by atoms with E-state index in [9.17, 15) is 20.1 Å². The molecule has 0 radical (unpaired) electrons. The summed E-state index contributed by atoms with van der Waals surface area (Å²) in [7, 11) is 0. The van der Waals surface area contributed by atoms with Crippen LogP contribution >= 0.6 is 0 Å². The minimum Gasteiger partial charge on any atom is -0.423 e. The van der Waals surface area contributed by atoms with Gasteiger partial charge in [0.25, 0.3) is 0 Å². The van der Waals surface area contributed by atoms with Crippen molar-refractivity contribution < 1.29 is 34.3 Å². The number of carbonyl (C=O) groups excluding carboxylic acids is 1.